The molecule has 0 unspecified atom stereocenters. The molecule has 1 aromatic carbocycles. The van der Waals surface area contributed by atoms with Gasteiger partial charge in [0.25, 0.3) is 10.1 Å². The zero-order valence-electron chi connectivity index (χ0n) is 13.1. The molecule has 114 valence electrons. The molecule has 0 heterocycles. The molecule has 1 rings (SSSR count). The standard InChI is InChI=1S/C15H26O3SSi/c1-6-14-9-11-15(12-10-14)19(16,17)18-20(7-2,8-3)13(4)5/h9-13H,6-8H2,1-5H3. The van der Waals surface area contributed by atoms with Gasteiger partial charge in [0.2, 0.25) is 8.32 Å². The first-order chi connectivity index (χ1) is 9.31. The Kier molecular flexibility index (Phi) is 5.98. The molecule has 0 spiro atoms. The molecule has 5 heteroatoms. The molecule has 0 saturated carbocycles. The van der Waals surface area contributed by atoms with Crippen LogP contribution in [0.25, 0.3) is 0 Å². The lowest BCUT2D eigenvalue weighted by molar-refractivity contribution is 0.466. The number of hydrogen-bond donors (Lipinski definition) is 0. The van der Waals surface area contributed by atoms with Crippen molar-refractivity contribution in [2.75, 3.05) is 0 Å². The van der Waals surface area contributed by atoms with Gasteiger partial charge >= 0.3 is 0 Å². The SMILES string of the molecule is CCc1ccc(S(=O)(=O)O[Si](CC)(CC)C(C)C)cc1. The maximum Gasteiger partial charge on any atom is 0.287 e. The highest BCUT2D eigenvalue weighted by atomic mass is 32.2. The average molecular weight is 315 g/mol. The predicted octanol–water partition coefficient (Wildman–Crippen LogP) is 4.35. The first-order valence-corrected chi connectivity index (χ1v) is 11.2. The summed E-state index contributed by atoms with van der Waals surface area (Å²) in [4.78, 5) is 0.272. The third kappa shape index (κ3) is 3.71. The summed E-state index contributed by atoms with van der Waals surface area (Å²) in [5.41, 5.74) is 1.41. The lowest BCUT2D eigenvalue weighted by Crippen LogP contribution is -2.42. The largest absolute Gasteiger partial charge is 0.311 e. The molecule has 3 nitrogen and oxygen atoms in total. The molecular formula is C15H26O3SSi. The van der Waals surface area contributed by atoms with Crippen molar-refractivity contribution in [3.63, 3.8) is 0 Å². The summed E-state index contributed by atoms with van der Waals surface area (Å²) in [5.74, 6) is 0. The van der Waals surface area contributed by atoms with E-state index in [0.29, 0.717) is 0 Å². The molecule has 1 aromatic rings. The summed E-state index contributed by atoms with van der Waals surface area (Å²) in [7, 11) is -5.90. The van der Waals surface area contributed by atoms with E-state index in [0.717, 1.165) is 24.1 Å². The number of rotatable bonds is 7. The van der Waals surface area contributed by atoms with Crippen LogP contribution in [0.4, 0.5) is 0 Å². The summed E-state index contributed by atoms with van der Waals surface area (Å²) >= 11 is 0. The quantitative estimate of drug-likeness (QED) is 0.703. The first kappa shape index (κ1) is 17.4. The van der Waals surface area contributed by atoms with Crippen LogP contribution in [0.3, 0.4) is 0 Å². The van der Waals surface area contributed by atoms with Crippen LogP contribution < -0.4 is 0 Å². The lowest BCUT2D eigenvalue weighted by Gasteiger charge is -2.32. The van der Waals surface area contributed by atoms with E-state index in [2.05, 4.69) is 13.8 Å². The molecule has 0 amide bonds. The Hall–Kier alpha value is -0.653. The minimum Gasteiger partial charge on any atom is -0.311 e. The van der Waals surface area contributed by atoms with Gasteiger partial charge in [0.15, 0.2) is 0 Å². The molecule has 0 aliphatic heterocycles. The minimum absolute atomic E-state index is 0.272. The van der Waals surface area contributed by atoms with Crippen molar-refractivity contribution in [2.24, 2.45) is 0 Å². The molecule has 20 heavy (non-hydrogen) atoms. The molecule has 0 N–H and O–H groups in total. The predicted molar refractivity (Wildman–Crippen MR) is 85.9 cm³/mol. The molecule has 0 radical (unpaired) electrons. The van der Waals surface area contributed by atoms with Gasteiger partial charge in [-0.15, -0.1) is 0 Å². The van der Waals surface area contributed by atoms with E-state index in [-0.39, 0.29) is 10.4 Å². The average Bonchev–Trinajstić information content (AvgIpc) is 2.44. The van der Waals surface area contributed by atoms with E-state index in [4.69, 9.17) is 3.87 Å². The molecule has 0 aromatic heterocycles. The maximum absolute atomic E-state index is 12.5. The van der Waals surface area contributed by atoms with E-state index in [1.165, 1.54) is 0 Å². The van der Waals surface area contributed by atoms with Crippen LogP contribution >= 0.6 is 0 Å². The van der Waals surface area contributed by atoms with E-state index in [1.807, 2.05) is 32.9 Å². The summed E-state index contributed by atoms with van der Waals surface area (Å²) < 4.78 is 30.7. The van der Waals surface area contributed by atoms with Crippen LogP contribution in [0.1, 0.15) is 40.2 Å². The van der Waals surface area contributed by atoms with Crippen LogP contribution in [0, 0.1) is 0 Å². The first-order valence-electron chi connectivity index (χ1n) is 7.35. The Labute approximate surface area is 124 Å². The Morgan fingerprint density at radius 3 is 1.90 bits per heavy atom. The second-order valence-electron chi connectivity index (χ2n) is 5.46. The zero-order chi connectivity index (χ0) is 15.4. The fourth-order valence-corrected chi connectivity index (χ4v) is 8.89. The fourth-order valence-electron chi connectivity index (χ4n) is 2.44. The second-order valence-corrected chi connectivity index (χ2v) is 12.2. The van der Waals surface area contributed by atoms with Crippen LogP contribution in [0.2, 0.25) is 17.6 Å². The number of aryl methyl sites for hydroxylation is 1. The van der Waals surface area contributed by atoms with Crippen LogP contribution in [0.15, 0.2) is 29.2 Å². The third-order valence-electron chi connectivity index (χ3n) is 4.15. The zero-order valence-corrected chi connectivity index (χ0v) is 15.0. The van der Waals surface area contributed by atoms with Gasteiger partial charge in [0.05, 0.1) is 4.90 Å². The third-order valence-corrected chi connectivity index (χ3v) is 11.7. The topological polar surface area (TPSA) is 43.4 Å². The van der Waals surface area contributed by atoms with Crippen LogP contribution in [0.5, 0.6) is 0 Å². The van der Waals surface area contributed by atoms with Gasteiger partial charge in [0.1, 0.15) is 0 Å². The van der Waals surface area contributed by atoms with E-state index in [9.17, 15) is 8.42 Å². The van der Waals surface area contributed by atoms with Crippen molar-refractivity contribution in [3.05, 3.63) is 29.8 Å². The van der Waals surface area contributed by atoms with Gasteiger partial charge in [-0.1, -0.05) is 46.8 Å². The van der Waals surface area contributed by atoms with Crippen molar-refractivity contribution in [3.8, 4) is 0 Å². The van der Waals surface area contributed by atoms with Crippen molar-refractivity contribution >= 4 is 18.4 Å². The summed E-state index contributed by atoms with van der Waals surface area (Å²) in [6, 6.07) is 8.64. The van der Waals surface area contributed by atoms with Gasteiger partial charge in [-0.2, -0.15) is 8.42 Å². The second kappa shape index (κ2) is 6.87. The maximum atomic E-state index is 12.5. The molecule has 0 fully saturated rings. The van der Waals surface area contributed by atoms with Crippen LogP contribution in [-0.2, 0) is 20.4 Å². The van der Waals surface area contributed by atoms with Crippen molar-refractivity contribution in [2.45, 2.75) is 63.6 Å². The highest BCUT2D eigenvalue weighted by molar-refractivity contribution is 7.87. The van der Waals surface area contributed by atoms with Crippen LogP contribution in [-0.4, -0.2) is 16.7 Å². The fraction of sp³-hybridized carbons (Fsp3) is 0.600. The van der Waals surface area contributed by atoms with Gasteiger partial charge < -0.3 is 3.87 Å². The number of hydrogen-bond acceptors (Lipinski definition) is 3. The summed E-state index contributed by atoms with van der Waals surface area (Å²) in [5, 5.41) is 0. The van der Waals surface area contributed by atoms with Crippen molar-refractivity contribution < 1.29 is 12.3 Å². The highest BCUT2D eigenvalue weighted by Crippen LogP contribution is 2.33. The Morgan fingerprint density at radius 2 is 1.55 bits per heavy atom. The van der Waals surface area contributed by atoms with Gasteiger partial charge in [-0.05, 0) is 41.7 Å². The molecule has 0 aliphatic rings. The molecule has 0 atom stereocenters. The molecular weight excluding hydrogens is 288 g/mol. The normalized spacial score (nSPS) is 12.9. The Bertz CT molecular complexity index is 517. The minimum atomic E-state index is -3.65. The van der Waals surface area contributed by atoms with Gasteiger partial charge in [-0.25, -0.2) is 0 Å². The summed E-state index contributed by atoms with van der Waals surface area (Å²) in [6.45, 7) is 10.2. The van der Waals surface area contributed by atoms with Gasteiger partial charge in [-0.3, -0.25) is 0 Å². The molecule has 0 bridgehead atoms. The molecule has 0 saturated heterocycles. The van der Waals surface area contributed by atoms with E-state index < -0.39 is 18.4 Å². The smallest absolute Gasteiger partial charge is 0.287 e. The Morgan fingerprint density at radius 1 is 1.05 bits per heavy atom. The highest BCUT2D eigenvalue weighted by Gasteiger charge is 2.40. The summed E-state index contributed by atoms with van der Waals surface area (Å²) in [6.07, 6.45) is 0.899. The monoisotopic (exact) mass is 314 g/mol. The van der Waals surface area contributed by atoms with Crippen molar-refractivity contribution in [1.29, 1.82) is 0 Å². The molecule has 0 aliphatic carbocycles. The van der Waals surface area contributed by atoms with Gasteiger partial charge in [0, 0.05) is 0 Å². The van der Waals surface area contributed by atoms with E-state index in [1.54, 1.807) is 12.1 Å². The Balaban J connectivity index is 3.09. The number of benzene rings is 1. The van der Waals surface area contributed by atoms with E-state index >= 15 is 0 Å². The lowest BCUT2D eigenvalue weighted by atomic mass is 10.2. The van der Waals surface area contributed by atoms with Crippen molar-refractivity contribution in [1.82, 2.24) is 0 Å².